The quantitative estimate of drug-likeness (QED) is 0.788. The summed E-state index contributed by atoms with van der Waals surface area (Å²) < 4.78 is 0. The van der Waals surface area contributed by atoms with Crippen LogP contribution in [0, 0.1) is 0 Å². The summed E-state index contributed by atoms with van der Waals surface area (Å²) >= 11 is 1.50. The van der Waals surface area contributed by atoms with E-state index in [1.807, 2.05) is 0 Å². The second kappa shape index (κ2) is 5.01. The molecule has 0 atom stereocenters. The topological polar surface area (TPSA) is 72.0 Å². The molecule has 0 bridgehead atoms. The summed E-state index contributed by atoms with van der Waals surface area (Å²) in [5.74, 6) is 1.11. The number of hydrogen-bond donors (Lipinski definition) is 2. The molecule has 0 saturated heterocycles. The molecule has 3 N–H and O–H groups in total. The van der Waals surface area contributed by atoms with Crippen LogP contribution in [0.25, 0.3) is 0 Å². The summed E-state index contributed by atoms with van der Waals surface area (Å²) in [5, 5.41) is 11.0. The third-order valence-corrected chi connectivity index (χ3v) is 4.22. The fourth-order valence-electron chi connectivity index (χ4n) is 2.00. The number of nitrogens with zero attached hydrogens (tertiary/aromatic N) is 2. The standard InChI is InChI=1S/C11H17N3OS/c12-9-10(14-7-6-13-9)16-8-11(15)4-2-1-3-5-11/h6-7,15H,1-5,8H2,(H2,12,13). The zero-order valence-electron chi connectivity index (χ0n) is 9.22. The van der Waals surface area contributed by atoms with Gasteiger partial charge in [-0.05, 0) is 12.8 Å². The third-order valence-electron chi connectivity index (χ3n) is 2.95. The zero-order valence-corrected chi connectivity index (χ0v) is 10.0. The lowest BCUT2D eigenvalue weighted by Crippen LogP contribution is -2.34. The molecule has 1 aliphatic carbocycles. The molecule has 1 fully saturated rings. The second-order valence-electron chi connectivity index (χ2n) is 4.32. The highest BCUT2D eigenvalue weighted by molar-refractivity contribution is 7.99. The van der Waals surface area contributed by atoms with Crippen LogP contribution in [0.4, 0.5) is 5.82 Å². The van der Waals surface area contributed by atoms with E-state index in [0.29, 0.717) is 11.6 Å². The van der Waals surface area contributed by atoms with Crippen molar-refractivity contribution < 1.29 is 5.11 Å². The lowest BCUT2D eigenvalue weighted by Gasteiger charge is -2.31. The first kappa shape index (κ1) is 11.7. The molecular weight excluding hydrogens is 222 g/mol. The molecular formula is C11H17N3OS. The molecule has 5 heteroatoms. The Morgan fingerprint density at radius 1 is 1.25 bits per heavy atom. The fraction of sp³-hybridized carbons (Fsp3) is 0.636. The van der Waals surface area contributed by atoms with Gasteiger partial charge in [0, 0.05) is 18.1 Å². The van der Waals surface area contributed by atoms with Gasteiger partial charge in [-0.1, -0.05) is 31.0 Å². The van der Waals surface area contributed by atoms with E-state index in [0.717, 1.165) is 30.7 Å². The smallest absolute Gasteiger partial charge is 0.156 e. The lowest BCUT2D eigenvalue weighted by molar-refractivity contribution is 0.0273. The zero-order chi connectivity index (χ0) is 11.4. The molecule has 88 valence electrons. The molecule has 0 unspecified atom stereocenters. The van der Waals surface area contributed by atoms with Crippen molar-refractivity contribution in [2.45, 2.75) is 42.7 Å². The number of nitrogens with two attached hydrogens (primary N) is 1. The first-order valence-corrected chi connectivity index (χ1v) is 6.60. The molecule has 2 rings (SSSR count). The molecule has 4 nitrogen and oxygen atoms in total. The minimum Gasteiger partial charge on any atom is -0.389 e. The normalized spacial score (nSPS) is 19.6. The van der Waals surface area contributed by atoms with E-state index in [-0.39, 0.29) is 0 Å². The minimum atomic E-state index is -0.535. The maximum Gasteiger partial charge on any atom is 0.156 e. The molecule has 0 radical (unpaired) electrons. The van der Waals surface area contributed by atoms with Gasteiger partial charge in [0.1, 0.15) is 5.03 Å². The van der Waals surface area contributed by atoms with Crippen LogP contribution in [0.2, 0.25) is 0 Å². The Bertz CT molecular complexity index is 353. The Hall–Kier alpha value is -0.810. The van der Waals surface area contributed by atoms with Crippen LogP contribution < -0.4 is 5.73 Å². The largest absolute Gasteiger partial charge is 0.389 e. The van der Waals surface area contributed by atoms with Gasteiger partial charge in [0.2, 0.25) is 0 Å². The Labute approximate surface area is 99.7 Å². The van der Waals surface area contributed by atoms with E-state index in [4.69, 9.17) is 5.73 Å². The number of thioether (sulfide) groups is 1. The van der Waals surface area contributed by atoms with E-state index < -0.39 is 5.60 Å². The predicted octanol–water partition coefficient (Wildman–Crippen LogP) is 1.85. The van der Waals surface area contributed by atoms with Crippen LogP contribution in [0.5, 0.6) is 0 Å². The SMILES string of the molecule is Nc1nccnc1SCC1(O)CCCCC1. The van der Waals surface area contributed by atoms with Crippen LogP contribution in [-0.2, 0) is 0 Å². The monoisotopic (exact) mass is 239 g/mol. The van der Waals surface area contributed by atoms with Gasteiger partial charge in [0.15, 0.2) is 5.82 Å². The number of aliphatic hydroxyl groups is 1. The molecule has 16 heavy (non-hydrogen) atoms. The van der Waals surface area contributed by atoms with E-state index >= 15 is 0 Å². The molecule has 1 aromatic rings. The molecule has 0 aromatic carbocycles. The first-order valence-electron chi connectivity index (χ1n) is 5.61. The van der Waals surface area contributed by atoms with Gasteiger partial charge in [-0.2, -0.15) is 0 Å². The average Bonchev–Trinajstić information content (AvgIpc) is 2.29. The van der Waals surface area contributed by atoms with E-state index in [1.54, 1.807) is 12.4 Å². The highest BCUT2D eigenvalue weighted by atomic mass is 32.2. The Morgan fingerprint density at radius 2 is 1.94 bits per heavy atom. The van der Waals surface area contributed by atoms with Gasteiger partial charge in [-0.25, -0.2) is 9.97 Å². The van der Waals surface area contributed by atoms with Gasteiger partial charge in [-0.15, -0.1) is 0 Å². The van der Waals surface area contributed by atoms with E-state index in [9.17, 15) is 5.11 Å². The van der Waals surface area contributed by atoms with Crippen LogP contribution in [0.15, 0.2) is 17.4 Å². The predicted molar refractivity (Wildman–Crippen MR) is 65.2 cm³/mol. The average molecular weight is 239 g/mol. The molecule has 1 saturated carbocycles. The summed E-state index contributed by atoms with van der Waals surface area (Å²) in [6.45, 7) is 0. The van der Waals surface area contributed by atoms with Crippen molar-refractivity contribution in [2.75, 3.05) is 11.5 Å². The number of aromatic nitrogens is 2. The van der Waals surface area contributed by atoms with E-state index in [2.05, 4.69) is 9.97 Å². The van der Waals surface area contributed by atoms with Crippen molar-refractivity contribution in [1.29, 1.82) is 0 Å². The second-order valence-corrected chi connectivity index (χ2v) is 5.28. The Morgan fingerprint density at radius 3 is 2.62 bits per heavy atom. The molecule has 0 amide bonds. The number of nitrogen functional groups attached to an aromatic ring is 1. The van der Waals surface area contributed by atoms with Gasteiger partial charge in [-0.3, -0.25) is 0 Å². The van der Waals surface area contributed by atoms with Crippen LogP contribution in [0.1, 0.15) is 32.1 Å². The fourth-order valence-corrected chi connectivity index (χ4v) is 3.03. The maximum atomic E-state index is 10.3. The minimum absolute atomic E-state index is 0.451. The highest BCUT2D eigenvalue weighted by Gasteiger charge is 2.29. The van der Waals surface area contributed by atoms with Crippen molar-refractivity contribution in [1.82, 2.24) is 9.97 Å². The van der Waals surface area contributed by atoms with Crippen molar-refractivity contribution in [2.24, 2.45) is 0 Å². The molecule has 1 heterocycles. The molecule has 0 aliphatic heterocycles. The van der Waals surface area contributed by atoms with Crippen LogP contribution in [-0.4, -0.2) is 26.4 Å². The first-order chi connectivity index (χ1) is 7.70. The van der Waals surface area contributed by atoms with Crippen LogP contribution >= 0.6 is 11.8 Å². The summed E-state index contributed by atoms with van der Waals surface area (Å²) in [6, 6.07) is 0. The van der Waals surface area contributed by atoms with Crippen LogP contribution in [0.3, 0.4) is 0 Å². The van der Waals surface area contributed by atoms with Gasteiger partial charge in [0.25, 0.3) is 0 Å². The summed E-state index contributed by atoms with van der Waals surface area (Å²) in [7, 11) is 0. The van der Waals surface area contributed by atoms with Crippen molar-refractivity contribution in [3.8, 4) is 0 Å². The Kier molecular flexibility index (Phi) is 3.66. The Balaban J connectivity index is 1.94. The van der Waals surface area contributed by atoms with Gasteiger partial charge < -0.3 is 10.8 Å². The molecule has 0 spiro atoms. The molecule has 1 aromatic heterocycles. The van der Waals surface area contributed by atoms with E-state index in [1.165, 1.54) is 18.2 Å². The lowest BCUT2D eigenvalue weighted by atomic mass is 9.86. The molecule has 1 aliphatic rings. The number of anilines is 1. The van der Waals surface area contributed by atoms with Crippen molar-refractivity contribution >= 4 is 17.6 Å². The summed E-state index contributed by atoms with van der Waals surface area (Å²) in [4.78, 5) is 8.14. The highest BCUT2D eigenvalue weighted by Crippen LogP contribution is 2.33. The van der Waals surface area contributed by atoms with Crippen molar-refractivity contribution in [3.05, 3.63) is 12.4 Å². The third kappa shape index (κ3) is 2.86. The number of hydrogen-bond acceptors (Lipinski definition) is 5. The summed E-state index contributed by atoms with van der Waals surface area (Å²) in [5.41, 5.74) is 5.17. The maximum absolute atomic E-state index is 10.3. The van der Waals surface area contributed by atoms with Gasteiger partial charge >= 0.3 is 0 Å². The van der Waals surface area contributed by atoms with Gasteiger partial charge in [0.05, 0.1) is 5.60 Å². The summed E-state index contributed by atoms with van der Waals surface area (Å²) in [6.07, 6.45) is 8.46. The van der Waals surface area contributed by atoms with Crippen molar-refractivity contribution in [3.63, 3.8) is 0 Å². The number of rotatable bonds is 3.